The lowest BCUT2D eigenvalue weighted by Gasteiger charge is -2.20. The molecule has 0 aliphatic heterocycles. The summed E-state index contributed by atoms with van der Waals surface area (Å²) >= 11 is 6.34. The molecule has 0 radical (unpaired) electrons. The molecule has 0 aromatic heterocycles. The molecule has 1 unspecified atom stereocenters. The smallest absolute Gasteiger partial charge is 0.123 e. The average molecular weight is 308 g/mol. The van der Waals surface area contributed by atoms with Crippen LogP contribution in [-0.2, 0) is 6.42 Å². The second-order valence-corrected chi connectivity index (χ2v) is 5.24. The van der Waals surface area contributed by atoms with Crippen molar-refractivity contribution < 1.29 is 9.13 Å². The molecule has 0 saturated carbocycles. The normalized spacial score (nSPS) is 12.2. The Hall–Kier alpha value is -1.58. The maximum absolute atomic E-state index is 13.3. The summed E-state index contributed by atoms with van der Waals surface area (Å²) in [6, 6.07) is 12.3. The minimum Gasteiger partial charge on any atom is -0.497 e. The molecule has 0 fully saturated rings. The molecule has 0 aliphatic rings. The summed E-state index contributed by atoms with van der Waals surface area (Å²) in [5.41, 5.74) is 1.93. The van der Waals surface area contributed by atoms with Crippen LogP contribution in [0, 0.1) is 5.82 Å². The number of ether oxygens (including phenoxy) is 1. The molecule has 0 heterocycles. The SMILES string of the molecule is CCNC(Cc1cccc(F)c1)c1ccc(OC)cc1Cl. The monoisotopic (exact) mass is 307 g/mol. The zero-order valence-corrected chi connectivity index (χ0v) is 13.0. The third kappa shape index (κ3) is 4.19. The fourth-order valence-electron chi connectivity index (χ4n) is 2.36. The maximum atomic E-state index is 13.3. The third-order valence-corrected chi connectivity index (χ3v) is 3.69. The standard InChI is InChI=1S/C17H19ClFNO/c1-3-20-17(10-12-5-4-6-13(19)9-12)15-8-7-14(21-2)11-16(15)18/h4-9,11,17,20H,3,10H2,1-2H3. The van der Waals surface area contributed by atoms with Gasteiger partial charge in [-0.1, -0.05) is 36.7 Å². The van der Waals surface area contributed by atoms with Gasteiger partial charge in [0.15, 0.2) is 0 Å². The molecule has 0 saturated heterocycles. The Labute approximate surface area is 129 Å². The van der Waals surface area contributed by atoms with Crippen molar-refractivity contribution in [3.63, 3.8) is 0 Å². The van der Waals surface area contributed by atoms with E-state index in [2.05, 4.69) is 5.32 Å². The predicted molar refractivity (Wildman–Crippen MR) is 84.5 cm³/mol. The minimum atomic E-state index is -0.219. The molecule has 2 nitrogen and oxygen atoms in total. The summed E-state index contributed by atoms with van der Waals surface area (Å²) in [7, 11) is 1.61. The van der Waals surface area contributed by atoms with Crippen molar-refractivity contribution in [2.45, 2.75) is 19.4 Å². The Bertz CT molecular complexity index is 603. The maximum Gasteiger partial charge on any atom is 0.123 e. The Kier molecular flexibility index (Phi) is 5.59. The highest BCUT2D eigenvalue weighted by atomic mass is 35.5. The van der Waals surface area contributed by atoms with Crippen molar-refractivity contribution in [2.75, 3.05) is 13.7 Å². The second kappa shape index (κ2) is 7.43. The van der Waals surface area contributed by atoms with Crippen molar-refractivity contribution in [3.05, 3.63) is 64.4 Å². The first kappa shape index (κ1) is 15.8. The van der Waals surface area contributed by atoms with Crippen LogP contribution in [0.15, 0.2) is 42.5 Å². The van der Waals surface area contributed by atoms with Crippen molar-refractivity contribution in [1.29, 1.82) is 0 Å². The summed E-state index contributed by atoms with van der Waals surface area (Å²) in [4.78, 5) is 0. The lowest BCUT2D eigenvalue weighted by atomic mass is 9.98. The summed E-state index contributed by atoms with van der Waals surface area (Å²) in [5, 5.41) is 4.05. The second-order valence-electron chi connectivity index (χ2n) is 4.83. The minimum absolute atomic E-state index is 0.0372. The van der Waals surface area contributed by atoms with Crippen LogP contribution in [0.1, 0.15) is 24.1 Å². The fraction of sp³-hybridized carbons (Fsp3) is 0.294. The van der Waals surface area contributed by atoms with Gasteiger partial charge in [0.25, 0.3) is 0 Å². The molecular formula is C17H19ClFNO. The molecular weight excluding hydrogens is 289 g/mol. The topological polar surface area (TPSA) is 21.3 Å². The van der Waals surface area contributed by atoms with E-state index in [1.807, 2.05) is 25.1 Å². The Morgan fingerprint density at radius 3 is 2.67 bits per heavy atom. The van der Waals surface area contributed by atoms with E-state index in [9.17, 15) is 4.39 Å². The number of halogens is 2. The van der Waals surface area contributed by atoms with E-state index in [-0.39, 0.29) is 11.9 Å². The van der Waals surface area contributed by atoms with Gasteiger partial charge in [-0.05, 0) is 48.4 Å². The van der Waals surface area contributed by atoms with Gasteiger partial charge in [-0.2, -0.15) is 0 Å². The summed E-state index contributed by atoms with van der Waals surface area (Å²) < 4.78 is 18.5. The molecule has 2 aromatic carbocycles. The van der Waals surface area contributed by atoms with Gasteiger partial charge in [0.1, 0.15) is 11.6 Å². The number of methoxy groups -OCH3 is 1. The summed E-state index contributed by atoms with van der Waals surface area (Å²) in [5.74, 6) is 0.508. The number of likely N-dealkylation sites (N-methyl/N-ethyl adjacent to an activating group) is 1. The Morgan fingerprint density at radius 1 is 1.24 bits per heavy atom. The van der Waals surface area contributed by atoms with Gasteiger partial charge in [-0.3, -0.25) is 0 Å². The van der Waals surface area contributed by atoms with E-state index in [0.717, 1.165) is 23.4 Å². The largest absolute Gasteiger partial charge is 0.497 e. The first-order valence-corrected chi connectivity index (χ1v) is 7.33. The highest BCUT2D eigenvalue weighted by molar-refractivity contribution is 6.31. The molecule has 112 valence electrons. The summed E-state index contributed by atoms with van der Waals surface area (Å²) in [6.07, 6.45) is 0.678. The van der Waals surface area contributed by atoms with Gasteiger partial charge in [0.2, 0.25) is 0 Å². The van der Waals surface area contributed by atoms with E-state index >= 15 is 0 Å². The molecule has 21 heavy (non-hydrogen) atoms. The van der Waals surface area contributed by atoms with Crippen molar-refractivity contribution >= 4 is 11.6 Å². The molecule has 0 spiro atoms. The van der Waals surface area contributed by atoms with Gasteiger partial charge < -0.3 is 10.1 Å². The Morgan fingerprint density at radius 2 is 2.05 bits per heavy atom. The first-order valence-electron chi connectivity index (χ1n) is 6.95. The van der Waals surface area contributed by atoms with Gasteiger partial charge in [-0.25, -0.2) is 4.39 Å². The van der Waals surface area contributed by atoms with Crippen LogP contribution in [-0.4, -0.2) is 13.7 Å². The lowest BCUT2D eigenvalue weighted by molar-refractivity contribution is 0.414. The van der Waals surface area contributed by atoms with Crippen LogP contribution in [0.3, 0.4) is 0 Å². The fourth-order valence-corrected chi connectivity index (χ4v) is 2.66. The van der Waals surface area contributed by atoms with Gasteiger partial charge >= 0.3 is 0 Å². The lowest BCUT2D eigenvalue weighted by Crippen LogP contribution is -2.23. The molecule has 0 bridgehead atoms. The quantitative estimate of drug-likeness (QED) is 0.855. The van der Waals surface area contributed by atoms with E-state index in [4.69, 9.17) is 16.3 Å². The third-order valence-electron chi connectivity index (χ3n) is 3.36. The zero-order valence-electron chi connectivity index (χ0n) is 12.2. The number of hydrogen-bond acceptors (Lipinski definition) is 2. The van der Waals surface area contributed by atoms with Crippen molar-refractivity contribution in [2.24, 2.45) is 0 Å². The number of hydrogen-bond donors (Lipinski definition) is 1. The van der Waals surface area contributed by atoms with Crippen LogP contribution in [0.5, 0.6) is 5.75 Å². The molecule has 0 amide bonds. The van der Waals surface area contributed by atoms with Crippen molar-refractivity contribution in [1.82, 2.24) is 5.32 Å². The molecule has 2 aromatic rings. The molecule has 2 rings (SSSR count). The Balaban J connectivity index is 2.26. The van der Waals surface area contributed by atoms with Crippen LogP contribution in [0.2, 0.25) is 5.02 Å². The van der Waals surface area contributed by atoms with Crippen LogP contribution in [0.4, 0.5) is 4.39 Å². The van der Waals surface area contributed by atoms with Gasteiger partial charge in [0.05, 0.1) is 7.11 Å². The van der Waals surface area contributed by atoms with E-state index < -0.39 is 0 Å². The number of rotatable bonds is 6. The molecule has 1 atom stereocenters. The molecule has 0 aliphatic carbocycles. The molecule has 1 N–H and O–H groups in total. The van der Waals surface area contributed by atoms with E-state index in [1.54, 1.807) is 25.3 Å². The molecule has 4 heteroatoms. The average Bonchev–Trinajstić information content (AvgIpc) is 2.47. The zero-order chi connectivity index (χ0) is 15.2. The van der Waals surface area contributed by atoms with Gasteiger partial charge in [-0.15, -0.1) is 0 Å². The predicted octanol–water partition coefficient (Wildman–Crippen LogP) is 4.38. The van der Waals surface area contributed by atoms with Crippen LogP contribution < -0.4 is 10.1 Å². The van der Waals surface area contributed by atoms with E-state index in [0.29, 0.717) is 11.4 Å². The summed E-state index contributed by atoms with van der Waals surface area (Å²) in [6.45, 7) is 2.85. The van der Waals surface area contributed by atoms with Gasteiger partial charge in [0, 0.05) is 11.1 Å². The highest BCUT2D eigenvalue weighted by Gasteiger charge is 2.15. The highest BCUT2D eigenvalue weighted by Crippen LogP contribution is 2.29. The van der Waals surface area contributed by atoms with Crippen molar-refractivity contribution in [3.8, 4) is 5.75 Å². The first-order chi connectivity index (χ1) is 10.1. The van der Waals surface area contributed by atoms with Crippen LogP contribution >= 0.6 is 11.6 Å². The van der Waals surface area contributed by atoms with E-state index in [1.165, 1.54) is 6.07 Å². The number of benzene rings is 2. The number of nitrogens with one attached hydrogen (secondary N) is 1. The van der Waals surface area contributed by atoms with Crippen LogP contribution in [0.25, 0.3) is 0 Å².